The third kappa shape index (κ3) is 3.65. The predicted molar refractivity (Wildman–Crippen MR) is 87.5 cm³/mol. The Kier molecular flexibility index (Phi) is 4.51. The normalized spacial score (nSPS) is 11.0. The van der Waals surface area contributed by atoms with Crippen molar-refractivity contribution < 1.29 is 13.2 Å². The van der Waals surface area contributed by atoms with Crippen LogP contribution in [0.2, 0.25) is 0 Å². The van der Waals surface area contributed by atoms with Crippen LogP contribution in [0.3, 0.4) is 0 Å². The summed E-state index contributed by atoms with van der Waals surface area (Å²) in [5.74, 6) is -0.197. The van der Waals surface area contributed by atoms with Crippen LogP contribution in [-0.4, -0.2) is 14.3 Å². The van der Waals surface area contributed by atoms with E-state index in [4.69, 9.17) is 0 Å². The zero-order valence-electron chi connectivity index (χ0n) is 12.7. The van der Waals surface area contributed by atoms with E-state index in [1.807, 2.05) is 19.1 Å². The van der Waals surface area contributed by atoms with E-state index in [2.05, 4.69) is 10.0 Å². The number of carbonyl (C=O) groups excluding carboxylic acids is 1. The van der Waals surface area contributed by atoms with Crippen molar-refractivity contribution in [2.45, 2.75) is 25.7 Å². The molecule has 2 N–H and O–H groups in total. The van der Waals surface area contributed by atoms with Gasteiger partial charge < -0.3 is 5.32 Å². The number of hydrogen-bond acceptors (Lipinski definition) is 3. The number of rotatable bonds is 4. The summed E-state index contributed by atoms with van der Waals surface area (Å²) in [4.78, 5) is 11.2. The molecule has 0 aliphatic rings. The summed E-state index contributed by atoms with van der Waals surface area (Å²) in [6, 6.07) is 11.8. The highest BCUT2D eigenvalue weighted by Crippen LogP contribution is 2.23. The fourth-order valence-corrected chi connectivity index (χ4v) is 3.24. The van der Waals surface area contributed by atoms with Crippen LogP contribution in [0.25, 0.3) is 0 Å². The molecule has 0 spiro atoms. The quantitative estimate of drug-likeness (QED) is 0.909. The molecule has 0 saturated carbocycles. The Morgan fingerprint density at radius 1 is 0.955 bits per heavy atom. The number of anilines is 2. The number of para-hydroxylation sites is 1. The first-order valence-electron chi connectivity index (χ1n) is 6.76. The van der Waals surface area contributed by atoms with Gasteiger partial charge in [-0.2, -0.15) is 0 Å². The van der Waals surface area contributed by atoms with E-state index in [-0.39, 0.29) is 10.8 Å². The Labute approximate surface area is 130 Å². The zero-order chi connectivity index (χ0) is 16.3. The lowest BCUT2D eigenvalue weighted by atomic mass is 10.2. The van der Waals surface area contributed by atoms with Crippen molar-refractivity contribution in [3.63, 3.8) is 0 Å². The van der Waals surface area contributed by atoms with Gasteiger partial charge in [0.25, 0.3) is 10.0 Å². The highest BCUT2D eigenvalue weighted by molar-refractivity contribution is 7.92. The highest BCUT2D eigenvalue weighted by Gasteiger charge is 2.16. The second kappa shape index (κ2) is 6.19. The van der Waals surface area contributed by atoms with Gasteiger partial charge >= 0.3 is 0 Å². The Bertz CT molecular complexity index is 814. The molecule has 2 rings (SSSR count). The molecule has 0 atom stereocenters. The smallest absolute Gasteiger partial charge is 0.261 e. The van der Waals surface area contributed by atoms with Gasteiger partial charge in [0.15, 0.2) is 0 Å². The molecule has 0 unspecified atom stereocenters. The van der Waals surface area contributed by atoms with Crippen molar-refractivity contribution in [2.75, 3.05) is 10.0 Å². The minimum absolute atomic E-state index is 0.155. The molecule has 0 heterocycles. The van der Waals surface area contributed by atoms with E-state index in [1.165, 1.54) is 19.1 Å². The Morgan fingerprint density at radius 2 is 1.64 bits per heavy atom. The number of sulfonamides is 1. The third-order valence-electron chi connectivity index (χ3n) is 3.21. The summed E-state index contributed by atoms with van der Waals surface area (Å²) in [6.07, 6.45) is 0. The van der Waals surface area contributed by atoms with Crippen molar-refractivity contribution in [3.8, 4) is 0 Å². The molecule has 1 amide bonds. The van der Waals surface area contributed by atoms with E-state index < -0.39 is 10.0 Å². The maximum absolute atomic E-state index is 12.4. The van der Waals surface area contributed by atoms with Gasteiger partial charge in [-0.25, -0.2) is 8.42 Å². The molecule has 0 radical (unpaired) electrons. The second-order valence-corrected chi connectivity index (χ2v) is 6.76. The first-order chi connectivity index (χ1) is 10.3. The zero-order valence-corrected chi connectivity index (χ0v) is 13.5. The van der Waals surface area contributed by atoms with Crippen LogP contribution in [0.15, 0.2) is 47.4 Å². The molecule has 0 aliphatic carbocycles. The van der Waals surface area contributed by atoms with Crippen molar-refractivity contribution in [2.24, 2.45) is 0 Å². The standard InChI is InChI=1S/C16H18N2O3S/c1-11-6-4-5-7-16(11)18-22(20,21)14-8-9-15(12(2)10-14)17-13(3)19/h4-10,18H,1-3H3,(H,17,19). The molecule has 2 aromatic carbocycles. The first-order valence-corrected chi connectivity index (χ1v) is 8.24. The lowest BCUT2D eigenvalue weighted by Crippen LogP contribution is -2.14. The van der Waals surface area contributed by atoms with Crippen molar-refractivity contribution >= 4 is 27.3 Å². The minimum atomic E-state index is -3.67. The van der Waals surface area contributed by atoms with Gasteiger partial charge in [0, 0.05) is 12.6 Å². The summed E-state index contributed by atoms with van der Waals surface area (Å²) < 4.78 is 27.5. The molecule has 22 heavy (non-hydrogen) atoms. The Morgan fingerprint density at radius 3 is 2.23 bits per heavy atom. The van der Waals surface area contributed by atoms with Gasteiger partial charge in [0.1, 0.15) is 0 Å². The van der Waals surface area contributed by atoms with E-state index in [9.17, 15) is 13.2 Å². The van der Waals surface area contributed by atoms with Crippen LogP contribution < -0.4 is 10.0 Å². The van der Waals surface area contributed by atoms with Crippen LogP contribution in [-0.2, 0) is 14.8 Å². The van der Waals surface area contributed by atoms with Gasteiger partial charge in [-0.1, -0.05) is 18.2 Å². The first kappa shape index (κ1) is 16.0. The maximum atomic E-state index is 12.4. The Balaban J connectivity index is 2.32. The van der Waals surface area contributed by atoms with Crippen molar-refractivity contribution in [1.29, 1.82) is 0 Å². The Hall–Kier alpha value is -2.34. The summed E-state index contributed by atoms with van der Waals surface area (Å²) in [6.45, 7) is 4.99. The van der Waals surface area contributed by atoms with E-state index >= 15 is 0 Å². The monoisotopic (exact) mass is 318 g/mol. The van der Waals surface area contributed by atoms with E-state index in [0.29, 0.717) is 16.9 Å². The number of benzene rings is 2. The number of amides is 1. The fourth-order valence-electron chi connectivity index (χ4n) is 2.02. The topological polar surface area (TPSA) is 75.3 Å². The van der Waals surface area contributed by atoms with Crippen LogP contribution in [0.1, 0.15) is 18.1 Å². The molecule has 0 aromatic heterocycles. The number of hydrogen-bond donors (Lipinski definition) is 2. The molecule has 0 bridgehead atoms. The lowest BCUT2D eigenvalue weighted by Gasteiger charge is -2.12. The number of carbonyl (C=O) groups is 1. The van der Waals surface area contributed by atoms with E-state index in [1.54, 1.807) is 25.1 Å². The van der Waals surface area contributed by atoms with Gasteiger partial charge in [0.05, 0.1) is 10.6 Å². The third-order valence-corrected chi connectivity index (χ3v) is 4.57. The SMILES string of the molecule is CC(=O)Nc1ccc(S(=O)(=O)Nc2ccccc2C)cc1C. The summed E-state index contributed by atoms with van der Waals surface area (Å²) >= 11 is 0. The predicted octanol–water partition coefficient (Wildman–Crippen LogP) is 3.06. The second-order valence-electron chi connectivity index (χ2n) is 5.08. The van der Waals surface area contributed by atoms with E-state index in [0.717, 1.165) is 5.56 Å². The maximum Gasteiger partial charge on any atom is 0.261 e. The van der Waals surface area contributed by atoms with Crippen LogP contribution in [0.4, 0.5) is 11.4 Å². The van der Waals surface area contributed by atoms with Crippen LogP contribution in [0.5, 0.6) is 0 Å². The van der Waals surface area contributed by atoms with Gasteiger partial charge in [-0.15, -0.1) is 0 Å². The molecule has 0 fully saturated rings. The molecule has 0 saturated heterocycles. The molecular weight excluding hydrogens is 300 g/mol. The van der Waals surface area contributed by atoms with Crippen LogP contribution in [0, 0.1) is 13.8 Å². The summed E-state index contributed by atoms with van der Waals surface area (Å²) in [5.41, 5.74) is 2.67. The molecule has 5 nitrogen and oxygen atoms in total. The van der Waals surface area contributed by atoms with Gasteiger partial charge in [-0.05, 0) is 49.2 Å². The van der Waals surface area contributed by atoms with Gasteiger partial charge in [0.2, 0.25) is 5.91 Å². The molecule has 116 valence electrons. The van der Waals surface area contributed by atoms with Crippen LogP contribution >= 0.6 is 0 Å². The molecule has 2 aromatic rings. The van der Waals surface area contributed by atoms with Crippen molar-refractivity contribution in [1.82, 2.24) is 0 Å². The molecule has 6 heteroatoms. The van der Waals surface area contributed by atoms with Crippen molar-refractivity contribution in [3.05, 3.63) is 53.6 Å². The average Bonchev–Trinajstić information content (AvgIpc) is 2.43. The number of nitrogens with one attached hydrogen (secondary N) is 2. The minimum Gasteiger partial charge on any atom is -0.326 e. The molecule has 0 aliphatic heterocycles. The lowest BCUT2D eigenvalue weighted by molar-refractivity contribution is -0.114. The average molecular weight is 318 g/mol. The number of aryl methyl sites for hydroxylation is 2. The summed E-state index contributed by atoms with van der Waals surface area (Å²) in [5, 5.41) is 2.66. The largest absolute Gasteiger partial charge is 0.326 e. The molecular formula is C16H18N2O3S. The fraction of sp³-hybridized carbons (Fsp3) is 0.188. The van der Waals surface area contributed by atoms with Gasteiger partial charge in [-0.3, -0.25) is 9.52 Å². The summed E-state index contributed by atoms with van der Waals surface area (Å²) in [7, 11) is -3.67. The highest BCUT2D eigenvalue weighted by atomic mass is 32.2.